The number of esters is 1. The van der Waals surface area contributed by atoms with Gasteiger partial charge in [-0.1, -0.05) is 23.2 Å². The molecule has 168 valence electrons. The lowest BCUT2D eigenvalue weighted by Gasteiger charge is -2.14. The maximum absolute atomic E-state index is 12.3. The molecule has 1 amide bonds. The van der Waals surface area contributed by atoms with E-state index in [-0.39, 0.29) is 22.9 Å². The third-order valence-electron chi connectivity index (χ3n) is 3.93. The quantitative estimate of drug-likeness (QED) is 0.494. The van der Waals surface area contributed by atoms with E-state index in [1.165, 1.54) is 31.2 Å². The van der Waals surface area contributed by atoms with Crippen LogP contribution in [0.1, 0.15) is 20.3 Å². The molecule has 1 atom stereocenters. The molecule has 2 rings (SSSR count). The Morgan fingerprint density at radius 1 is 1.10 bits per heavy atom. The van der Waals surface area contributed by atoms with E-state index in [0.717, 1.165) is 0 Å². The van der Waals surface area contributed by atoms with E-state index in [4.69, 9.17) is 32.7 Å². The lowest BCUT2D eigenvalue weighted by atomic mass is 10.3. The molecule has 0 spiro atoms. The van der Waals surface area contributed by atoms with Gasteiger partial charge < -0.3 is 14.8 Å². The number of anilines is 1. The van der Waals surface area contributed by atoms with Crippen LogP contribution in [0.3, 0.4) is 0 Å². The molecule has 11 heteroatoms. The molecule has 0 aliphatic carbocycles. The highest BCUT2D eigenvalue weighted by atomic mass is 35.5. The number of hydrogen-bond acceptors (Lipinski definition) is 6. The molecule has 2 aromatic carbocycles. The van der Waals surface area contributed by atoms with Gasteiger partial charge in [0.15, 0.2) is 6.10 Å². The van der Waals surface area contributed by atoms with Crippen molar-refractivity contribution in [1.82, 2.24) is 4.72 Å². The summed E-state index contributed by atoms with van der Waals surface area (Å²) in [6.45, 7) is 3.49. The first-order chi connectivity index (χ1) is 14.6. The maximum atomic E-state index is 12.3. The van der Waals surface area contributed by atoms with Crippen molar-refractivity contribution in [2.24, 2.45) is 0 Å². The van der Waals surface area contributed by atoms with Crippen LogP contribution in [-0.2, 0) is 24.3 Å². The molecule has 0 aromatic heterocycles. The van der Waals surface area contributed by atoms with Crippen LogP contribution in [-0.4, -0.2) is 39.5 Å². The first kappa shape index (κ1) is 24.9. The minimum atomic E-state index is -3.80. The first-order valence-electron chi connectivity index (χ1n) is 9.30. The van der Waals surface area contributed by atoms with Gasteiger partial charge in [-0.15, -0.1) is 0 Å². The Morgan fingerprint density at radius 3 is 2.39 bits per heavy atom. The molecule has 0 aliphatic heterocycles. The number of rotatable bonds is 10. The van der Waals surface area contributed by atoms with Gasteiger partial charge >= 0.3 is 5.97 Å². The van der Waals surface area contributed by atoms with Crippen LogP contribution in [0, 0.1) is 0 Å². The molecule has 31 heavy (non-hydrogen) atoms. The summed E-state index contributed by atoms with van der Waals surface area (Å²) < 4.78 is 37.2. The van der Waals surface area contributed by atoms with Crippen LogP contribution >= 0.6 is 23.2 Å². The molecule has 0 bridgehead atoms. The third kappa shape index (κ3) is 7.70. The van der Waals surface area contributed by atoms with E-state index in [1.54, 1.807) is 18.2 Å². The summed E-state index contributed by atoms with van der Waals surface area (Å²) in [4.78, 5) is 24.2. The van der Waals surface area contributed by atoms with E-state index < -0.39 is 28.0 Å². The normalized spacial score (nSPS) is 12.1. The Bertz CT molecular complexity index is 1030. The monoisotopic (exact) mass is 488 g/mol. The zero-order valence-electron chi connectivity index (χ0n) is 16.9. The summed E-state index contributed by atoms with van der Waals surface area (Å²) in [7, 11) is -3.80. The molecule has 2 aromatic rings. The van der Waals surface area contributed by atoms with E-state index >= 15 is 0 Å². The summed E-state index contributed by atoms with van der Waals surface area (Å²) in [6, 6.07) is 10.4. The van der Waals surface area contributed by atoms with Crippen molar-refractivity contribution in [3.63, 3.8) is 0 Å². The van der Waals surface area contributed by atoms with Gasteiger partial charge in [-0.05, 0) is 56.3 Å². The highest BCUT2D eigenvalue weighted by Crippen LogP contribution is 2.25. The van der Waals surface area contributed by atoms with Crippen LogP contribution in [0.25, 0.3) is 0 Å². The van der Waals surface area contributed by atoms with Crippen LogP contribution in [0.5, 0.6) is 5.75 Å². The maximum Gasteiger partial charge on any atom is 0.307 e. The van der Waals surface area contributed by atoms with Gasteiger partial charge in [0, 0.05) is 11.6 Å². The number of hydrogen-bond donors (Lipinski definition) is 2. The van der Waals surface area contributed by atoms with Crippen molar-refractivity contribution in [3.05, 3.63) is 52.5 Å². The average Bonchev–Trinajstić information content (AvgIpc) is 2.70. The summed E-state index contributed by atoms with van der Waals surface area (Å²) >= 11 is 11.8. The minimum absolute atomic E-state index is 0.0388. The van der Waals surface area contributed by atoms with E-state index in [9.17, 15) is 18.0 Å². The fraction of sp³-hybridized carbons (Fsp3) is 0.300. The largest absolute Gasteiger partial charge is 0.494 e. The van der Waals surface area contributed by atoms with Crippen LogP contribution < -0.4 is 14.8 Å². The Morgan fingerprint density at radius 2 is 1.77 bits per heavy atom. The zero-order valence-corrected chi connectivity index (χ0v) is 19.2. The molecule has 8 nitrogen and oxygen atoms in total. The summed E-state index contributed by atoms with van der Waals surface area (Å²) in [5, 5.41) is 3.18. The van der Waals surface area contributed by atoms with Gasteiger partial charge in [0.25, 0.3) is 5.91 Å². The van der Waals surface area contributed by atoms with Gasteiger partial charge in [0.1, 0.15) is 5.75 Å². The first-order valence-corrected chi connectivity index (χ1v) is 11.5. The second-order valence-corrected chi connectivity index (χ2v) is 8.91. The van der Waals surface area contributed by atoms with Gasteiger partial charge in [-0.3, -0.25) is 9.59 Å². The molecule has 0 radical (unpaired) electrons. The molecular weight excluding hydrogens is 467 g/mol. The Kier molecular flexibility index (Phi) is 9.12. The Labute approximate surface area is 190 Å². The third-order valence-corrected chi connectivity index (χ3v) is 5.96. The van der Waals surface area contributed by atoms with Crippen molar-refractivity contribution >= 4 is 50.8 Å². The number of benzene rings is 2. The predicted molar refractivity (Wildman–Crippen MR) is 118 cm³/mol. The fourth-order valence-corrected chi connectivity index (χ4v) is 3.87. The molecule has 0 aliphatic rings. The summed E-state index contributed by atoms with van der Waals surface area (Å²) in [5.41, 5.74) is 0.321. The number of ether oxygens (including phenoxy) is 2. The molecule has 0 heterocycles. The lowest BCUT2D eigenvalue weighted by Crippen LogP contribution is -2.32. The van der Waals surface area contributed by atoms with Gasteiger partial charge in [-0.25, -0.2) is 13.1 Å². The number of nitrogens with one attached hydrogen (secondary N) is 2. The molecule has 0 saturated heterocycles. The van der Waals surface area contributed by atoms with E-state index in [1.807, 2.05) is 6.92 Å². The van der Waals surface area contributed by atoms with Crippen molar-refractivity contribution in [3.8, 4) is 5.75 Å². The molecule has 0 fully saturated rings. The smallest absolute Gasteiger partial charge is 0.307 e. The number of halogens is 2. The van der Waals surface area contributed by atoms with Crippen molar-refractivity contribution < 1.29 is 27.5 Å². The molecular formula is C20H22Cl2N2O6S. The average molecular weight is 489 g/mol. The Balaban J connectivity index is 1.81. The van der Waals surface area contributed by atoms with Crippen LogP contribution in [0.2, 0.25) is 10.0 Å². The fourth-order valence-electron chi connectivity index (χ4n) is 2.39. The lowest BCUT2D eigenvalue weighted by molar-refractivity contribution is -0.152. The highest BCUT2D eigenvalue weighted by Gasteiger charge is 2.20. The van der Waals surface area contributed by atoms with Gasteiger partial charge in [-0.2, -0.15) is 0 Å². The molecule has 2 N–H and O–H groups in total. The molecule has 1 unspecified atom stereocenters. The number of amides is 1. The zero-order chi connectivity index (χ0) is 23.0. The second kappa shape index (κ2) is 11.3. The van der Waals surface area contributed by atoms with Crippen molar-refractivity contribution in [2.45, 2.75) is 31.3 Å². The Hall–Kier alpha value is -2.33. The molecule has 0 saturated carbocycles. The van der Waals surface area contributed by atoms with Crippen molar-refractivity contribution in [1.29, 1.82) is 0 Å². The number of sulfonamides is 1. The number of carbonyl (C=O) groups excluding carboxylic acids is 2. The van der Waals surface area contributed by atoms with E-state index in [2.05, 4.69) is 10.0 Å². The minimum Gasteiger partial charge on any atom is -0.494 e. The van der Waals surface area contributed by atoms with Crippen LogP contribution in [0.15, 0.2) is 47.4 Å². The topological polar surface area (TPSA) is 111 Å². The van der Waals surface area contributed by atoms with Gasteiger partial charge in [0.05, 0.1) is 28.6 Å². The van der Waals surface area contributed by atoms with Gasteiger partial charge in [0.2, 0.25) is 10.0 Å². The highest BCUT2D eigenvalue weighted by molar-refractivity contribution is 7.89. The predicted octanol–water partition coefficient (Wildman–Crippen LogP) is 3.63. The number of carbonyl (C=O) groups is 2. The second-order valence-electron chi connectivity index (χ2n) is 6.30. The standard InChI is InChI=1S/C20H22Cl2N2O6S/c1-3-29-15-5-7-16(8-6-15)31(27,28)23-11-10-19(25)30-13(2)20(26)24-18-9-4-14(21)12-17(18)22/h4-9,12-13,23H,3,10-11H2,1-2H3,(H,24,26). The van der Waals surface area contributed by atoms with E-state index in [0.29, 0.717) is 23.1 Å². The summed E-state index contributed by atoms with van der Waals surface area (Å²) in [6.07, 6.45) is -1.36. The van der Waals surface area contributed by atoms with Crippen molar-refractivity contribution in [2.75, 3.05) is 18.5 Å². The summed E-state index contributed by atoms with van der Waals surface area (Å²) in [5.74, 6) is -0.774. The van der Waals surface area contributed by atoms with Crippen LogP contribution in [0.4, 0.5) is 5.69 Å². The SMILES string of the molecule is CCOc1ccc(S(=O)(=O)NCCC(=O)OC(C)C(=O)Nc2ccc(Cl)cc2Cl)cc1.